The van der Waals surface area contributed by atoms with Gasteiger partial charge in [0.25, 0.3) is 0 Å². The number of aromatic nitrogens is 3. The molecule has 0 radical (unpaired) electrons. The van der Waals surface area contributed by atoms with Crippen LogP contribution in [-0.4, -0.2) is 26.3 Å². The van der Waals surface area contributed by atoms with E-state index in [4.69, 9.17) is 27.6 Å². The van der Waals surface area contributed by atoms with E-state index < -0.39 is 5.97 Å². The van der Waals surface area contributed by atoms with Crippen LogP contribution in [0.5, 0.6) is 0 Å². The average molecular weight is 410 g/mol. The quantitative estimate of drug-likeness (QED) is 0.431. The number of hydrogen-bond donors (Lipinski definition) is 2. The lowest BCUT2D eigenvalue weighted by Gasteiger charge is -2.01. The molecule has 0 saturated heterocycles. The predicted octanol–water partition coefficient (Wildman–Crippen LogP) is 5.15. The number of furan rings is 1. The van der Waals surface area contributed by atoms with Crippen LogP contribution < -0.4 is 0 Å². The summed E-state index contributed by atoms with van der Waals surface area (Å²) in [4.78, 5) is 15.8. The Morgan fingerprint density at radius 3 is 2.81 bits per heavy atom. The molecule has 0 spiro atoms. The maximum atomic E-state index is 11.5. The van der Waals surface area contributed by atoms with Gasteiger partial charge >= 0.3 is 5.97 Å². The molecule has 2 N–H and O–H groups in total. The number of nitrogens with one attached hydrogen (secondary N) is 1. The zero-order chi connectivity index (χ0) is 18.7. The van der Waals surface area contributed by atoms with Crippen molar-refractivity contribution in [3.63, 3.8) is 0 Å². The molecule has 1 aromatic carbocycles. The molecular formula is C17H13Cl2N3O3S. The van der Waals surface area contributed by atoms with Gasteiger partial charge in [-0.1, -0.05) is 30.1 Å². The lowest BCUT2D eigenvalue weighted by atomic mass is 10.2. The van der Waals surface area contributed by atoms with Crippen molar-refractivity contribution < 1.29 is 14.3 Å². The summed E-state index contributed by atoms with van der Waals surface area (Å²) in [7, 11) is 0. The highest BCUT2D eigenvalue weighted by Gasteiger charge is 2.15. The summed E-state index contributed by atoms with van der Waals surface area (Å²) in [5.74, 6) is 0.483. The van der Waals surface area contributed by atoms with E-state index in [1.165, 1.54) is 6.08 Å². The van der Waals surface area contributed by atoms with E-state index >= 15 is 0 Å². The molecule has 0 atom stereocenters. The Labute approximate surface area is 163 Å². The van der Waals surface area contributed by atoms with Crippen LogP contribution in [0.4, 0.5) is 0 Å². The van der Waals surface area contributed by atoms with Gasteiger partial charge in [0.1, 0.15) is 22.3 Å². The van der Waals surface area contributed by atoms with E-state index in [0.29, 0.717) is 44.5 Å². The fraction of sp³-hybridized carbons (Fsp3) is 0.118. The van der Waals surface area contributed by atoms with Gasteiger partial charge in [-0.25, -0.2) is 9.78 Å². The second kappa shape index (κ2) is 7.99. The minimum absolute atomic E-state index is 0.0368. The third-order valence-corrected chi connectivity index (χ3v) is 4.78. The largest absolute Gasteiger partial charge is 0.477 e. The molecule has 0 bridgehead atoms. The normalized spacial score (nSPS) is 11.7. The zero-order valence-corrected chi connectivity index (χ0v) is 15.8. The highest BCUT2D eigenvalue weighted by molar-refractivity contribution is 8.04. The SMILES string of the molecule is CCc1nc(S/C(=C\c2ccc(-c3ccc(Cl)cc3Cl)o2)C(=O)O)n[nH]1. The summed E-state index contributed by atoms with van der Waals surface area (Å²) >= 11 is 13.0. The summed E-state index contributed by atoms with van der Waals surface area (Å²) in [5.41, 5.74) is 0.668. The third kappa shape index (κ3) is 4.30. The van der Waals surface area contributed by atoms with Crippen LogP contribution in [0, 0.1) is 0 Å². The van der Waals surface area contributed by atoms with Gasteiger partial charge in [0.15, 0.2) is 0 Å². The fourth-order valence-electron chi connectivity index (χ4n) is 2.11. The molecule has 2 heterocycles. The van der Waals surface area contributed by atoms with Crippen LogP contribution in [0.2, 0.25) is 10.0 Å². The molecule has 2 aromatic heterocycles. The molecule has 0 aliphatic heterocycles. The first kappa shape index (κ1) is 18.6. The van der Waals surface area contributed by atoms with Crippen molar-refractivity contribution in [1.29, 1.82) is 0 Å². The minimum atomic E-state index is -1.10. The smallest absolute Gasteiger partial charge is 0.342 e. The van der Waals surface area contributed by atoms with Gasteiger partial charge in [0.05, 0.1) is 5.02 Å². The van der Waals surface area contributed by atoms with Gasteiger partial charge in [0, 0.05) is 23.1 Å². The predicted molar refractivity (Wildman–Crippen MR) is 101 cm³/mol. The molecule has 6 nitrogen and oxygen atoms in total. The standard InChI is InChI=1S/C17H13Cl2N3O3S/c1-2-15-20-17(22-21-15)26-14(16(23)24)8-10-4-6-13(25-10)11-5-3-9(18)7-12(11)19/h3-8H,2H2,1H3,(H,23,24)(H,20,21,22)/b14-8-. The minimum Gasteiger partial charge on any atom is -0.477 e. The number of hydrogen-bond acceptors (Lipinski definition) is 5. The molecule has 0 amide bonds. The molecule has 0 saturated carbocycles. The first-order valence-electron chi connectivity index (χ1n) is 7.55. The number of aromatic amines is 1. The number of carboxylic acids is 1. The van der Waals surface area contributed by atoms with Gasteiger partial charge in [-0.15, -0.1) is 5.10 Å². The van der Waals surface area contributed by atoms with Crippen molar-refractivity contribution in [3.8, 4) is 11.3 Å². The second-order valence-electron chi connectivity index (χ2n) is 5.16. The maximum Gasteiger partial charge on any atom is 0.342 e. The molecular weight excluding hydrogens is 397 g/mol. The van der Waals surface area contributed by atoms with Crippen molar-refractivity contribution in [2.24, 2.45) is 0 Å². The van der Waals surface area contributed by atoms with Gasteiger partial charge in [0.2, 0.25) is 5.16 Å². The number of aliphatic carboxylic acids is 1. The van der Waals surface area contributed by atoms with E-state index in [-0.39, 0.29) is 4.91 Å². The Hall–Kier alpha value is -2.22. The van der Waals surface area contributed by atoms with Crippen molar-refractivity contribution in [1.82, 2.24) is 15.2 Å². The molecule has 0 aliphatic rings. The van der Waals surface area contributed by atoms with Crippen LogP contribution in [0.15, 0.2) is 44.8 Å². The van der Waals surface area contributed by atoms with E-state index in [0.717, 1.165) is 11.8 Å². The van der Waals surface area contributed by atoms with Gasteiger partial charge < -0.3 is 9.52 Å². The highest BCUT2D eigenvalue weighted by atomic mass is 35.5. The summed E-state index contributed by atoms with van der Waals surface area (Å²) in [5, 5.41) is 17.5. The number of H-pyrrole nitrogens is 1. The van der Waals surface area contributed by atoms with Crippen LogP contribution >= 0.6 is 35.0 Å². The third-order valence-electron chi connectivity index (χ3n) is 3.35. The number of thioether (sulfide) groups is 1. The van der Waals surface area contributed by atoms with Crippen molar-refractivity contribution in [2.75, 3.05) is 0 Å². The Balaban J connectivity index is 1.86. The van der Waals surface area contributed by atoms with E-state index in [1.54, 1.807) is 30.3 Å². The Kier molecular flexibility index (Phi) is 5.70. The molecule has 26 heavy (non-hydrogen) atoms. The fourth-order valence-corrected chi connectivity index (χ4v) is 3.32. The van der Waals surface area contributed by atoms with Gasteiger partial charge in [-0.3, -0.25) is 5.10 Å². The van der Waals surface area contributed by atoms with E-state index in [2.05, 4.69) is 15.2 Å². The maximum absolute atomic E-state index is 11.5. The summed E-state index contributed by atoms with van der Waals surface area (Å²) in [6.45, 7) is 1.93. The summed E-state index contributed by atoms with van der Waals surface area (Å²) in [6, 6.07) is 8.44. The lowest BCUT2D eigenvalue weighted by molar-refractivity contribution is -0.131. The van der Waals surface area contributed by atoms with Crippen LogP contribution in [-0.2, 0) is 11.2 Å². The highest BCUT2D eigenvalue weighted by Crippen LogP contribution is 2.33. The van der Waals surface area contributed by atoms with Gasteiger partial charge in [-0.05, 0) is 42.1 Å². The summed E-state index contributed by atoms with van der Waals surface area (Å²) in [6.07, 6.45) is 2.10. The Morgan fingerprint density at radius 2 is 2.15 bits per heavy atom. The van der Waals surface area contributed by atoms with E-state index in [1.807, 2.05) is 6.92 Å². The Bertz CT molecular complexity index is 981. The van der Waals surface area contributed by atoms with Crippen LogP contribution in [0.25, 0.3) is 17.4 Å². The molecule has 9 heteroatoms. The first-order valence-corrected chi connectivity index (χ1v) is 9.13. The van der Waals surface area contributed by atoms with Gasteiger partial charge in [-0.2, -0.15) is 0 Å². The van der Waals surface area contributed by atoms with E-state index in [9.17, 15) is 9.90 Å². The number of carboxylic acid groups (broad SMARTS) is 1. The number of nitrogens with zero attached hydrogens (tertiary/aromatic N) is 2. The summed E-state index contributed by atoms with van der Waals surface area (Å²) < 4.78 is 5.71. The van der Waals surface area contributed by atoms with Crippen molar-refractivity contribution >= 4 is 47.0 Å². The number of aryl methyl sites for hydroxylation is 1. The number of benzene rings is 1. The number of rotatable bonds is 6. The number of halogens is 2. The van der Waals surface area contributed by atoms with Crippen LogP contribution in [0.1, 0.15) is 18.5 Å². The average Bonchev–Trinajstić information content (AvgIpc) is 3.23. The van der Waals surface area contributed by atoms with Crippen LogP contribution in [0.3, 0.4) is 0 Å². The lowest BCUT2D eigenvalue weighted by Crippen LogP contribution is -1.97. The topological polar surface area (TPSA) is 92.0 Å². The van der Waals surface area contributed by atoms with Crippen molar-refractivity contribution in [3.05, 3.63) is 56.9 Å². The molecule has 0 fully saturated rings. The van der Waals surface area contributed by atoms with Crippen molar-refractivity contribution in [2.45, 2.75) is 18.5 Å². The molecule has 0 unspecified atom stereocenters. The Morgan fingerprint density at radius 1 is 1.35 bits per heavy atom. The zero-order valence-electron chi connectivity index (χ0n) is 13.5. The first-order chi connectivity index (χ1) is 12.5. The molecule has 3 rings (SSSR count). The molecule has 0 aliphatic carbocycles. The molecule has 134 valence electrons. The second-order valence-corrected chi connectivity index (χ2v) is 7.01. The molecule has 3 aromatic rings. The monoisotopic (exact) mass is 409 g/mol. The number of carbonyl (C=O) groups is 1.